The number of ether oxygens (including phenoxy) is 1. The van der Waals surface area contributed by atoms with Gasteiger partial charge >= 0.3 is 11.7 Å². The molecule has 0 radical (unpaired) electrons. The number of carbonyl (C=O) groups is 1. The molecule has 8 nitrogen and oxygen atoms in total. The normalized spacial score (nSPS) is 12.7. The smallest absolute Gasteiger partial charge is 0.327 e. The summed E-state index contributed by atoms with van der Waals surface area (Å²) in [5, 5.41) is 4.21. The SMILES string of the molecule is CC(C)(C)OC(=O)C[C@@H](CCN)CNc1ccc2[nH]c(=O)n(Cc3c(Cl)cccc3Cl)c2n1. The predicted octanol–water partition coefficient (Wildman–Crippen LogP) is 4.19. The standard InChI is InChI=1S/C23H29Cl2N5O3/c1-23(2,3)33-20(31)11-14(9-10-26)12-27-19-8-7-18-21(29-19)30(22(32)28-18)13-15-16(24)5-4-6-17(15)25/h4-8,14H,9-13,26H2,1-3H3,(H,27,29)(H,28,32)/t14-/m1/s1. The quantitative estimate of drug-likeness (QED) is 0.385. The zero-order valence-electron chi connectivity index (χ0n) is 19.0. The fourth-order valence-electron chi connectivity index (χ4n) is 3.50. The van der Waals surface area contributed by atoms with Gasteiger partial charge in [0.15, 0.2) is 5.65 Å². The van der Waals surface area contributed by atoms with E-state index in [0.29, 0.717) is 52.1 Å². The van der Waals surface area contributed by atoms with Gasteiger partial charge in [-0.2, -0.15) is 0 Å². The Balaban J connectivity index is 1.78. The highest BCUT2D eigenvalue weighted by molar-refractivity contribution is 6.36. The average Bonchev–Trinajstić information content (AvgIpc) is 3.02. The summed E-state index contributed by atoms with van der Waals surface area (Å²) in [7, 11) is 0. The second-order valence-electron chi connectivity index (χ2n) is 8.90. The minimum atomic E-state index is -0.535. The van der Waals surface area contributed by atoms with E-state index < -0.39 is 5.60 Å². The summed E-state index contributed by atoms with van der Waals surface area (Å²) < 4.78 is 6.92. The Hall–Kier alpha value is -2.55. The van der Waals surface area contributed by atoms with Crippen LogP contribution in [0.25, 0.3) is 11.2 Å². The molecule has 1 atom stereocenters. The van der Waals surface area contributed by atoms with Crippen LogP contribution in [0.2, 0.25) is 10.0 Å². The molecule has 2 aromatic heterocycles. The first-order chi connectivity index (χ1) is 15.6. The Kier molecular flexibility index (Phi) is 8.05. The highest BCUT2D eigenvalue weighted by Gasteiger charge is 2.20. The van der Waals surface area contributed by atoms with Gasteiger partial charge in [0.25, 0.3) is 0 Å². The van der Waals surface area contributed by atoms with Crippen LogP contribution in [0.3, 0.4) is 0 Å². The number of nitrogens with one attached hydrogen (secondary N) is 2. The molecular weight excluding hydrogens is 465 g/mol. The zero-order chi connectivity index (χ0) is 24.2. The first kappa shape index (κ1) is 25.1. The molecule has 4 N–H and O–H groups in total. The van der Waals surface area contributed by atoms with E-state index in [9.17, 15) is 9.59 Å². The third kappa shape index (κ3) is 6.72. The van der Waals surface area contributed by atoms with Crippen molar-refractivity contribution in [2.75, 3.05) is 18.4 Å². The number of nitrogens with zero attached hydrogens (tertiary/aromatic N) is 2. The summed E-state index contributed by atoms with van der Waals surface area (Å²) in [5.74, 6) is 0.298. The molecule has 0 spiro atoms. The van der Waals surface area contributed by atoms with Crippen LogP contribution in [0.1, 0.15) is 39.2 Å². The van der Waals surface area contributed by atoms with Gasteiger partial charge in [-0.05, 0) is 63.9 Å². The third-order valence-corrected chi connectivity index (χ3v) is 5.73. The van der Waals surface area contributed by atoms with Crippen molar-refractivity contribution in [3.8, 4) is 0 Å². The Morgan fingerprint density at radius 2 is 1.94 bits per heavy atom. The minimum absolute atomic E-state index is 0.0160. The van der Waals surface area contributed by atoms with Crippen LogP contribution in [0.5, 0.6) is 0 Å². The number of carbonyl (C=O) groups excluding carboxylic acids is 1. The number of aromatic nitrogens is 3. The number of hydrogen-bond acceptors (Lipinski definition) is 6. The minimum Gasteiger partial charge on any atom is -0.460 e. The number of hydrogen-bond donors (Lipinski definition) is 3. The number of imidazole rings is 1. The van der Waals surface area contributed by atoms with Crippen LogP contribution < -0.4 is 16.7 Å². The molecule has 2 heterocycles. The van der Waals surface area contributed by atoms with E-state index in [1.165, 1.54) is 4.57 Å². The Bertz CT molecular complexity index is 1160. The maximum atomic E-state index is 12.6. The Morgan fingerprint density at radius 1 is 1.24 bits per heavy atom. The van der Waals surface area contributed by atoms with Gasteiger partial charge in [0, 0.05) is 22.2 Å². The average molecular weight is 494 g/mol. The molecule has 0 aliphatic rings. The maximum Gasteiger partial charge on any atom is 0.327 e. The van der Waals surface area contributed by atoms with E-state index in [0.717, 1.165) is 0 Å². The second kappa shape index (κ2) is 10.6. The van der Waals surface area contributed by atoms with Gasteiger partial charge in [0.05, 0.1) is 18.5 Å². The summed E-state index contributed by atoms with van der Waals surface area (Å²) in [6.45, 7) is 6.64. The van der Waals surface area contributed by atoms with Gasteiger partial charge in [-0.25, -0.2) is 9.78 Å². The summed E-state index contributed by atoms with van der Waals surface area (Å²) >= 11 is 12.6. The number of rotatable bonds is 9. The van der Waals surface area contributed by atoms with Crippen molar-refractivity contribution in [1.29, 1.82) is 0 Å². The number of aromatic amines is 1. The van der Waals surface area contributed by atoms with Crippen molar-refractivity contribution < 1.29 is 9.53 Å². The van der Waals surface area contributed by atoms with Crippen LogP contribution >= 0.6 is 23.2 Å². The fraction of sp³-hybridized carbons (Fsp3) is 0.435. The molecule has 0 unspecified atom stereocenters. The number of halogens is 2. The number of pyridine rings is 1. The van der Waals surface area contributed by atoms with E-state index in [1.807, 2.05) is 20.8 Å². The Morgan fingerprint density at radius 3 is 2.58 bits per heavy atom. The largest absolute Gasteiger partial charge is 0.460 e. The van der Waals surface area contributed by atoms with Crippen molar-refractivity contribution >= 4 is 46.2 Å². The molecule has 0 bridgehead atoms. The molecule has 0 fully saturated rings. The molecule has 3 aromatic rings. The number of esters is 1. The molecule has 0 aliphatic heterocycles. The zero-order valence-corrected chi connectivity index (χ0v) is 20.5. The predicted molar refractivity (Wildman–Crippen MR) is 132 cm³/mol. The lowest BCUT2D eigenvalue weighted by molar-refractivity contribution is -0.155. The molecule has 0 saturated carbocycles. The number of anilines is 1. The van der Waals surface area contributed by atoms with Gasteiger partial charge in [-0.3, -0.25) is 9.36 Å². The molecular formula is C23H29Cl2N5O3. The number of nitrogens with two attached hydrogens (primary N) is 1. The fourth-order valence-corrected chi connectivity index (χ4v) is 4.01. The third-order valence-electron chi connectivity index (χ3n) is 5.02. The molecule has 0 aliphatic carbocycles. The van der Waals surface area contributed by atoms with Gasteiger partial charge < -0.3 is 20.8 Å². The van der Waals surface area contributed by atoms with E-state index in [2.05, 4.69) is 15.3 Å². The van der Waals surface area contributed by atoms with E-state index >= 15 is 0 Å². The lowest BCUT2D eigenvalue weighted by atomic mass is 10.0. The number of fused-ring (bicyclic) bond motifs is 1. The van der Waals surface area contributed by atoms with Crippen LogP contribution in [-0.2, 0) is 16.1 Å². The molecule has 0 saturated heterocycles. The molecule has 178 valence electrons. The van der Waals surface area contributed by atoms with Crippen LogP contribution in [0, 0.1) is 5.92 Å². The molecule has 1 aromatic carbocycles. The van der Waals surface area contributed by atoms with Gasteiger partial charge in [-0.1, -0.05) is 29.3 Å². The highest BCUT2D eigenvalue weighted by Crippen LogP contribution is 2.26. The van der Waals surface area contributed by atoms with Crippen molar-refractivity contribution in [2.24, 2.45) is 11.7 Å². The summed E-state index contributed by atoms with van der Waals surface area (Å²) in [6, 6.07) is 8.76. The highest BCUT2D eigenvalue weighted by atomic mass is 35.5. The van der Waals surface area contributed by atoms with Crippen molar-refractivity contribution in [2.45, 2.75) is 45.8 Å². The summed E-state index contributed by atoms with van der Waals surface area (Å²) in [5.41, 5.74) is 6.61. The van der Waals surface area contributed by atoms with Gasteiger partial charge in [0.1, 0.15) is 11.4 Å². The van der Waals surface area contributed by atoms with Crippen molar-refractivity contribution in [3.05, 3.63) is 56.4 Å². The molecule has 33 heavy (non-hydrogen) atoms. The van der Waals surface area contributed by atoms with Crippen LogP contribution in [-0.4, -0.2) is 39.2 Å². The van der Waals surface area contributed by atoms with Gasteiger partial charge in [0.2, 0.25) is 0 Å². The molecule has 0 amide bonds. The van der Waals surface area contributed by atoms with Crippen molar-refractivity contribution in [3.63, 3.8) is 0 Å². The maximum absolute atomic E-state index is 12.6. The first-order valence-electron chi connectivity index (χ1n) is 10.8. The van der Waals surface area contributed by atoms with E-state index in [1.54, 1.807) is 30.3 Å². The van der Waals surface area contributed by atoms with E-state index in [4.69, 9.17) is 33.7 Å². The lowest BCUT2D eigenvalue weighted by Crippen LogP contribution is -2.28. The number of benzene rings is 1. The van der Waals surface area contributed by atoms with Crippen molar-refractivity contribution in [1.82, 2.24) is 14.5 Å². The Labute approximate surface area is 202 Å². The van der Waals surface area contributed by atoms with Gasteiger partial charge in [-0.15, -0.1) is 0 Å². The molecule has 10 heteroatoms. The van der Waals surface area contributed by atoms with Crippen LogP contribution in [0.4, 0.5) is 5.82 Å². The molecule has 3 rings (SSSR count). The topological polar surface area (TPSA) is 115 Å². The number of H-pyrrole nitrogens is 1. The summed E-state index contributed by atoms with van der Waals surface area (Å²) in [6.07, 6.45) is 0.915. The van der Waals surface area contributed by atoms with E-state index in [-0.39, 0.29) is 30.5 Å². The summed E-state index contributed by atoms with van der Waals surface area (Å²) in [4.78, 5) is 32.2. The second-order valence-corrected chi connectivity index (χ2v) is 9.71. The monoisotopic (exact) mass is 493 g/mol. The van der Waals surface area contributed by atoms with Crippen LogP contribution in [0.15, 0.2) is 35.1 Å². The lowest BCUT2D eigenvalue weighted by Gasteiger charge is -2.22. The first-order valence-corrected chi connectivity index (χ1v) is 11.5.